The van der Waals surface area contributed by atoms with Crippen molar-refractivity contribution in [2.75, 3.05) is 5.32 Å². The van der Waals surface area contributed by atoms with Crippen LogP contribution < -0.4 is 5.32 Å². The first-order chi connectivity index (χ1) is 8.60. The summed E-state index contributed by atoms with van der Waals surface area (Å²) < 4.78 is 2.91. The summed E-state index contributed by atoms with van der Waals surface area (Å²) in [7, 11) is 1.96. The summed E-state index contributed by atoms with van der Waals surface area (Å²) in [4.78, 5) is 0. The van der Waals surface area contributed by atoms with Crippen molar-refractivity contribution in [1.82, 2.24) is 9.78 Å². The Labute approximate surface area is 120 Å². The van der Waals surface area contributed by atoms with E-state index in [9.17, 15) is 0 Å². The highest BCUT2D eigenvalue weighted by Gasteiger charge is 2.05. The van der Waals surface area contributed by atoms with E-state index in [0.717, 1.165) is 33.0 Å². The number of nitrogens with zero attached hydrogens (tertiary/aromatic N) is 2. The predicted molar refractivity (Wildman–Crippen MR) is 79.1 cm³/mol. The Morgan fingerprint density at radius 3 is 2.83 bits per heavy atom. The van der Waals surface area contributed by atoms with Crippen molar-refractivity contribution in [3.63, 3.8) is 0 Å². The summed E-state index contributed by atoms with van der Waals surface area (Å²) in [5.41, 5.74) is 3.17. The summed E-state index contributed by atoms with van der Waals surface area (Å²) >= 11 is 9.57. The van der Waals surface area contributed by atoms with Crippen molar-refractivity contribution in [1.29, 1.82) is 0 Å². The summed E-state index contributed by atoms with van der Waals surface area (Å²) in [6.45, 7) is 2.81. The van der Waals surface area contributed by atoms with Crippen LogP contribution in [0.4, 0.5) is 5.69 Å². The Hall–Kier alpha value is -1.00. The normalized spacial score (nSPS) is 10.7. The Morgan fingerprint density at radius 2 is 2.17 bits per heavy atom. The molecule has 0 bridgehead atoms. The topological polar surface area (TPSA) is 29.9 Å². The second kappa shape index (κ2) is 5.76. The van der Waals surface area contributed by atoms with E-state index in [1.165, 1.54) is 0 Å². The van der Waals surface area contributed by atoms with Gasteiger partial charge in [-0.25, -0.2) is 0 Å². The van der Waals surface area contributed by atoms with Crippen molar-refractivity contribution >= 4 is 33.2 Å². The summed E-state index contributed by atoms with van der Waals surface area (Å²) in [6.07, 6.45) is 0.950. The zero-order chi connectivity index (χ0) is 13.1. The minimum Gasteiger partial charge on any atom is -0.378 e. The molecule has 0 saturated carbocycles. The zero-order valence-electron chi connectivity index (χ0n) is 10.4. The second-order valence-corrected chi connectivity index (χ2v) is 5.40. The minimum absolute atomic E-state index is 0.708. The average molecular weight is 329 g/mol. The fourth-order valence-electron chi connectivity index (χ4n) is 1.73. The first-order valence-electron chi connectivity index (χ1n) is 5.81. The predicted octanol–water partition coefficient (Wildman–Crippen LogP) is 4.01. The van der Waals surface area contributed by atoms with Crippen molar-refractivity contribution in [3.8, 4) is 0 Å². The van der Waals surface area contributed by atoms with Gasteiger partial charge in [0.25, 0.3) is 0 Å². The maximum atomic E-state index is 6.13. The lowest BCUT2D eigenvalue weighted by Gasteiger charge is -2.08. The van der Waals surface area contributed by atoms with Crippen LogP contribution in [0.15, 0.2) is 28.7 Å². The van der Waals surface area contributed by atoms with Gasteiger partial charge >= 0.3 is 0 Å². The third-order valence-corrected chi connectivity index (χ3v) is 3.60. The van der Waals surface area contributed by atoms with Gasteiger partial charge in [0.2, 0.25) is 0 Å². The van der Waals surface area contributed by atoms with Crippen LogP contribution in [0.25, 0.3) is 0 Å². The second-order valence-electron chi connectivity index (χ2n) is 4.08. The molecular weight excluding hydrogens is 314 g/mol. The largest absolute Gasteiger partial charge is 0.378 e. The monoisotopic (exact) mass is 327 g/mol. The van der Waals surface area contributed by atoms with E-state index in [4.69, 9.17) is 11.6 Å². The highest BCUT2D eigenvalue weighted by atomic mass is 79.9. The number of anilines is 1. The summed E-state index contributed by atoms with van der Waals surface area (Å²) in [6, 6.07) is 7.87. The highest BCUT2D eigenvalue weighted by molar-refractivity contribution is 9.10. The van der Waals surface area contributed by atoms with E-state index in [1.807, 2.05) is 29.9 Å². The van der Waals surface area contributed by atoms with Gasteiger partial charge in [-0.2, -0.15) is 5.10 Å². The molecule has 3 nitrogen and oxygen atoms in total. The van der Waals surface area contributed by atoms with Crippen molar-refractivity contribution in [2.45, 2.75) is 19.9 Å². The molecule has 18 heavy (non-hydrogen) atoms. The van der Waals surface area contributed by atoms with Crippen molar-refractivity contribution in [3.05, 3.63) is 45.1 Å². The van der Waals surface area contributed by atoms with E-state index < -0.39 is 0 Å². The summed E-state index contributed by atoms with van der Waals surface area (Å²) in [5, 5.41) is 8.46. The van der Waals surface area contributed by atoms with E-state index in [-0.39, 0.29) is 0 Å². The molecule has 0 fully saturated rings. The lowest BCUT2D eigenvalue weighted by atomic mass is 10.3. The Bertz CT molecular complexity index is 551. The number of rotatable bonds is 4. The third kappa shape index (κ3) is 3.06. The maximum Gasteiger partial charge on any atom is 0.0638 e. The van der Waals surface area contributed by atoms with E-state index in [0.29, 0.717) is 6.54 Å². The summed E-state index contributed by atoms with van der Waals surface area (Å²) in [5.74, 6) is 0. The highest BCUT2D eigenvalue weighted by Crippen LogP contribution is 2.26. The van der Waals surface area contributed by atoms with Crippen LogP contribution >= 0.6 is 27.5 Å². The number of aryl methyl sites for hydroxylation is 2. The van der Waals surface area contributed by atoms with Crippen molar-refractivity contribution in [2.24, 2.45) is 7.05 Å². The molecule has 1 N–H and O–H groups in total. The van der Waals surface area contributed by atoms with Crippen LogP contribution in [0.1, 0.15) is 18.3 Å². The van der Waals surface area contributed by atoms with E-state index in [1.54, 1.807) is 0 Å². The van der Waals surface area contributed by atoms with Crippen LogP contribution in [-0.4, -0.2) is 9.78 Å². The van der Waals surface area contributed by atoms with E-state index in [2.05, 4.69) is 39.3 Å². The van der Waals surface area contributed by atoms with Gasteiger partial charge in [-0.05, 0) is 30.7 Å². The van der Waals surface area contributed by atoms with Crippen LogP contribution in [0.5, 0.6) is 0 Å². The first-order valence-corrected chi connectivity index (χ1v) is 6.98. The van der Waals surface area contributed by atoms with Gasteiger partial charge in [0.15, 0.2) is 0 Å². The van der Waals surface area contributed by atoms with E-state index >= 15 is 0 Å². The molecule has 0 aliphatic carbocycles. The van der Waals surface area contributed by atoms with Gasteiger partial charge in [0.1, 0.15) is 0 Å². The SMILES string of the molecule is CCc1cc(CNc2cc(Br)ccc2Cl)n(C)n1. The molecule has 2 rings (SSSR count). The molecule has 0 amide bonds. The molecule has 0 spiro atoms. The molecule has 1 aromatic carbocycles. The van der Waals surface area contributed by atoms with Crippen molar-refractivity contribution < 1.29 is 0 Å². The number of halogens is 2. The molecule has 1 aromatic heterocycles. The molecule has 0 aliphatic heterocycles. The smallest absolute Gasteiger partial charge is 0.0638 e. The number of nitrogens with one attached hydrogen (secondary N) is 1. The molecule has 2 aromatic rings. The van der Waals surface area contributed by atoms with Gasteiger partial charge < -0.3 is 5.32 Å². The number of aromatic nitrogens is 2. The molecule has 0 unspecified atom stereocenters. The standard InChI is InChI=1S/C13H15BrClN3/c1-3-10-7-11(18(2)17-10)8-16-13-6-9(14)4-5-12(13)15/h4-7,16H,3,8H2,1-2H3. The molecule has 0 radical (unpaired) electrons. The zero-order valence-corrected chi connectivity index (χ0v) is 12.7. The first kappa shape index (κ1) is 13.4. The fraction of sp³-hybridized carbons (Fsp3) is 0.308. The van der Waals surface area contributed by atoms with Crippen LogP contribution in [0.3, 0.4) is 0 Å². The average Bonchev–Trinajstić information content (AvgIpc) is 2.71. The Kier molecular flexibility index (Phi) is 4.30. The Morgan fingerprint density at radius 1 is 1.39 bits per heavy atom. The van der Waals surface area contributed by atoms with Gasteiger partial charge in [0, 0.05) is 11.5 Å². The third-order valence-electron chi connectivity index (χ3n) is 2.78. The molecule has 0 saturated heterocycles. The van der Waals surface area contributed by atoms with Crippen LogP contribution in [0, 0.1) is 0 Å². The maximum absolute atomic E-state index is 6.13. The fourth-order valence-corrected chi connectivity index (χ4v) is 2.27. The van der Waals surface area contributed by atoms with Gasteiger partial charge in [-0.1, -0.05) is 34.5 Å². The molecular formula is C13H15BrClN3. The minimum atomic E-state index is 0.708. The van der Waals surface area contributed by atoms with Crippen LogP contribution in [-0.2, 0) is 20.0 Å². The van der Waals surface area contributed by atoms with Gasteiger partial charge in [0.05, 0.1) is 28.6 Å². The number of hydrogen-bond acceptors (Lipinski definition) is 2. The van der Waals surface area contributed by atoms with Gasteiger partial charge in [-0.15, -0.1) is 0 Å². The molecule has 5 heteroatoms. The molecule has 0 aliphatic rings. The Balaban J connectivity index is 2.11. The molecule has 1 heterocycles. The molecule has 96 valence electrons. The lowest BCUT2D eigenvalue weighted by molar-refractivity contribution is 0.707. The number of benzene rings is 1. The number of hydrogen-bond donors (Lipinski definition) is 1. The van der Waals surface area contributed by atoms with Gasteiger partial charge in [-0.3, -0.25) is 4.68 Å². The lowest BCUT2D eigenvalue weighted by Crippen LogP contribution is -2.05. The molecule has 0 atom stereocenters. The van der Waals surface area contributed by atoms with Crippen LogP contribution in [0.2, 0.25) is 5.02 Å². The quantitative estimate of drug-likeness (QED) is 0.919.